The molecular weight excluding hydrogens is 383 g/mol. The van der Waals surface area contributed by atoms with Crippen LogP contribution in [0.5, 0.6) is 11.8 Å². The van der Waals surface area contributed by atoms with Crippen molar-refractivity contribution in [2.75, 3.05) is 0 Å². The number of fused-ring (bicyclic) bond motifs is 1. The Kier molecular flexibility index (Phi) is 4.57. The molecule has 2 aromatic heterocycles. The highest BCUT2D eigenvalue weighted by atomic mass is 19.4. The molecule has 0 saturated heterocycles. The van der Waals surface area contributed by atoms with Gasteiger partial charge >= 0.3 is 12.2 Å². The third-order valence-electron chi connectivity index (χ3n) is 4.90. The van der Waals surface area contributed by atoms with Crippen molar-refractivity contribution in [3.05, 3.63) is 47.7 Å². The van der Waals surface area contributed by atoms with Gasteiger partial charge in [0.15, 0.2) is 0 Å². The van der Waals surface area contributed by atoms with Crippen LogP contribution in [0.1, 0.15) is 36.3 Å². The van der Waals surface area contributed by atoms with E-state index in [9.17, 15) is 18.4 Å². The molecule has 0 N–H and O–H groups in total. The number of nitrogens with zero attached hydrogens (tertiary/aromatic N) is 5. The van der Waals surface area contributed by atoms with E-state index in [0.29, 0.717) is 11.8 Å². The summed E-state index contributed by atoms with van der Waals surface area (Å²) in [5.41, 5.74) is 0.701. The first-order chi connectivity index (χ1) is 13.8. The molecule has 0 amide bonds. The lowest BCUT2D eigenvalue weighted by molar-refractivity contribution is -0.144. The molecule has 29 heavy (non-hydrogen) atoms. The van der Waals surface area contributed by atoms with E-state index in [1.165, 1.54) is 6.07 Å². The largest absolute Gasteiger partial charge is 0.451 e. The molecule has 3 aromatic rings. The predicted molar refractivity (Wildman–Crippen MR) is 97.0 cm³/mol. The van der Waals surface area contributed by atoms with Crippen LogP contribution in [0.2, 0.25) is 0 Å². The van der Waals surface area contributed by atoms with Crippen LogP contribution in [-0.2, 0) is 12.6 Å². The van der Waals surface area contributed by atoms with Crippen molar-refractivity contribution in [3.8, 4) is 17.8 Å². The molecule has 1 aliphatic rings. The second kappa shape index (κ2) is 6.95. The average molecular weight is 399 g/mol. The maximum absolute atomic E-state index is 13.3. The van der Waals surface area contributed by atoms with Gasteiger partial charge in [-0.05, 0) is 50.3 Å². The second-order valence-electron chi connectivity index (χ2n) is 7.18. The summed E-state index contributed by atoms with van der Waals surface area (Å²) in [5, 5.41) is 9.67. The van der Waals surface area contributed by atoms with Gasteiger partial charge in [0.25, 0.3) is 0 Å². The molecule has 0 aliphatic heterocycles. The number of ether oxygens (including phenoxy) is 1. The highest BCUT2D eigenvalue weighted by Crippen LogP contribution is 2.49. The van der Waals surface area contributed by atoms with Gasteiger partial charge in [0.2, 0.25) is 5.82 Å². The Balaban J connectivity index is 1.79. The third-order valence-corrected chi connectivity index (χ3v) is 4.90. The molecule has 0 spiro atoms. The van der Waals surface area contributed by atoms with E-state index in [0.717, 1.165) is 18.4 Å². The predicted octanol–water partition coefficient (Wildman–Crippen LogP) is 4.78. The standard InChI is InChI=1S/C20H16F3N5O/c1-12-9-25-18(26-10-12)29-15-4-2-3-13-16(15)14(5-6-19(11-24)7-8-19)28-17(27-13)20(21,22)23/h2-4,9-10H,5-8H2,1H3. The fourth-order valence-corrected chi connectivity index (χ4v) is 3.08. The first-order valence-corrected chi connectivity index (χ1v) is 9.04. The van der Waals surface area contributed by atoms with Crippen LogP contribution < -0.4 is 4.74 Å². The third kappa shape index (κ3) is 3.97. The fourth-order valence-electron chi connectivity index (χ4n) is 3.08. The van der Waals surface area contributed by atoms with Gasteiger partial charge in [0.1, 0.15) is 5.75 Å². The SMILES string of the molecule is Cc1cnc(Oc2cccc3nc(C(F)(F)F)nc(CCC4(C#N)CC4)c23)nc1. The summed E-state index contributed by atoms with van der Waals surface area (Å²) in [4.78, 5) is 15.6. The quantitative estimate of drug-likeness (QED) is 0.614. The Bertz CT molecular complexity index is 1100. The van der Waals surface area contributed by atoms with E-state index in [4.69, 9.17) is 4.74 Å². The molecule has 9 heteroatoms. The molecule has 0 atom stereocenters. The van der Waals surface area contributed by atoms with E-state index in [2.05, 4.69) is 26.0 Å². The van der Waals surface area contributed by atoms with Crippen molar-refractivity contribution in [3.63, 3.8) is 0 Å². The summed E-state index contributed by atoms with van der Waals surface area (Å²) in [7, 11) is 0. The van der Waals surface area contributed by atoms with E-state index in [-0.39, 0.29) is 29.4 Å². The smallest absolute Gasteiger partial charge is 0.424 e. The van der Waals surface area contributed by atoms with Gasteiger partial charge in [-0.25, -0.2) is 19.9 Å². The number of benzene rings is 1. The fraction of sp³-hybridized carbons (Fsp3) is 0.350. The van der Waals surface area contributed by atoms with Gasteiger partial charge in [-0.1, -0.05) is 6.07 Å². The molecule has 6 nitrogen and oxygen atoms in total. The van der Waals surface area contributed by atoms with Crippen LogP contribution in [0.25, 0.3) is 10.9 Å². The van der Waals surface area contributed by atoms with Crippen LogP contribution in [0.3, 0.4) is 0 Å². The number of hydrogen-bond acceptors (Lipinski definition) is 6. The maximum atomic E-state index is 13.3. The summed E-state index contributed by atoms with van der Waals surface area (Å²) in [5.74, 6) is -0.928. The number of aromatic nitrogens is 4. The average Bonchev–Trinajstić information content (AvgIpc) is 3.47. The number of aryl methyl sites for hydroxylation is 2. The Morgan fingerprint density at radius 2 is 1.90 bits per heavy atom. The summed E-state index contributed by atoms with van der Waals surface area (Å²) >= 11 is 0. The minimum absolute atomic E-state index is 0.0737. The van der Waals surface area contributed by atoms with Crippen molar-refractivity contribution < 1.29 is 17.9 Å². The van der Waals surface area contributed by atoms with Gasteiger partial charge in [-0.3, -0.25) is 0 Å². The van der Waals surface area contributed by atoms with Crippen LogP contribution in [-0.4, -0.2) is 19.9 Å². The minimum Gasteiger partial charge on any atom is -0.424 e. The molecule has 1 aliphatic carbocycles. The summed E-state index contributed by atoms with van der Waals surface area (Å²) < 4.78 is 45.7. The normalized spacial score (nSPS) is 15.1. The molecule has 148 valence electrons. The van der Waals surface area contributed by atoms with E-state index >= 15 is 0 Å². The zero-order chi connectivity index (χ0) is 20.6. The Labute approximate surface area is 164 Å². The number of hydrogen-bond donors (Lipinski definition) is 0. The Hall–Kier alpha value is -3.28. The zero-order valence-electron chi connectivity index (χ0n) is 15.5. The molecule has 1 aromatic carbocycles. The number of halogens is 3. The first kappa shape index (κ1) is 19.1. The van der Waals surface area contributed by atoms with Gasteiger partial charge in [0.05, 0.1) is 28.1 Å². The molecule has 0 bridgehead atoms. The number of alkyl halides is 3. The highest BCUT2D eigenvalue weighted by Gasteiger charge is 2.43. The van der Waals surface area contributed by atoms with Crippen LogP contribution in [0.15, 0.2) is 30.6 Å². The molecule has 2 heterocycles. The second-order valence-corrected chi connectivity index (χ2v) is 7.18. The zero-order valence-corrected chi connectivity index (χ0v) is 15.5. The molecular formula is C20H16F3N5O. The van der Waals surface area contributed by atoms with Crippen LogP contribution in [0.4, 0.5) is 13.2 Å². The lowest BCUT2D eigenvalue weighted by Crippen LogP contribution is -2.14. The molecule has 1 saturated carbocycles. The van der Waals surface area contributed by atoms with E-state index < -0.39 is 17.4 Å². The minimum atomic E-state index is -4.67. The van der Waals surface area contributed by atoms with Gasteiger partial charge in [-0.2, -0.15) is 18.4 Å². The van der Waals surface area contributed by atoms with Crippen LogP contribution in [0, 0.1) is 23.7 Å². The Morgan fingerprint density at radius 3 is 2.52 bits per heavy atom. The van der Waals surface area contributed by atoms with Gasteiger partial charge in [-0.15, -0.1) is 0 Å². The number of nitriles is 1. The van der Waals surface area contributed by atoms with Crippen LogP contribution >= 0.6 is 0 Å². The van der Waals surface area contributed by atoms with E-state index in [1.807, 2.05) is 6.92 Å². The van der Waals surface area contributed by atoms with Crippen molar-refractivity contribution in [2.24, 2.45) is 5.41 Å². The van der Waals surface area contributed by atoms with Crippen molar-refractivity contribution >= 4 is 10.9 Å². The maximum Gasteiger partial charge on any atom is 0.451 e. The van der Waals surface area contributed by atoms with Crippen molar-refractivity contribution in [1.29, 1.82) is 5.26 Å². The van der Waals surface area contributed by atoms with Crippen molar-refractivity contribution in [2.45, 2.75) is 38.8 Å². The van der Waals surface area contributed by atoms with Gasteiger partial charge in [0, 0.05) is 12.4 Å². The van der Waals surface area contributed by atoms with Crippen molar-refractivity contribution in [1.82, 2.24) is 19.9 Å². The van der Waals surface area contributed by atoms with Gasteiger partial charge < -0.3 is 4.74 Å². The van der Waals surface area contributed by atoms with E-state index in [1.54, 1.807) is 24.5 Å². The molecule has 4 rings (SSSR count). The first-order valence-electron chi connectivity index (χ1n) is 9.04. The topological polar surface area (TPSA) is 84.6 Å². The summed E-state index contributed by atoms with van der Waals surface area (Å²) in [6.45, 7) is 1.83. The summed E-state index contributed by atoms with van der Waals surface area (Å²) in [6, 6.07) is 6.98. The monoisotopic (exact) mass is 399 g/mol. The molecule has 0 unspecified atom stereocenters. The lowest BCUT2D eigenvalue weighted by Gasteiger charge is -2.14. The highest BCUT2D eigenvalue weighted by molar-refractivity contribution is 5.87. The lowest BCUT2D eigenvalue weighted by atomic mass is 9.99. The number of rotatable bonds is 5. The molecule has 0 radical (unpaired) electrons. The summed E-state index contributed by atoms with van der Waals surface area (Å²) in [6.07, 6.45) is 0.630. The molecule has 1 fully saturated rings. The Morgan fingerprint density at radius 1 is 1.17 bits per heavy atom.